The summed E-state index contributed by atoms with van der Waals surface area (Å²) in [5.41, 5.74) is 0.143. The van der Waals surface area contributed by atoms with Crippen LogP contribution in [0.5, 0.6) is 0 Å². The normalized spacial score (nSPS) is 30.2. The van der Waals surface area contributed by atoms with Crippen molar-refractivity contribution in [3.8, 4) is 0 Å². The van der Waals surface area contributed by atoms with Crippen molar-refractivity contribution in [2.24, 2.45) is 11.8 Å². The second-order valence-corrected chi connectivity index (χ2v) is 5.83. The van der Waals surface area contributed by atoms with Crippen molar-refractivity contribution in [3.05, 3.63) is 23.9 Å². The summed E-state index contributed by atoms with van der Waals surface area (Å²) in [6.07, 6.45) is 5.14. The highest BCUT2D eigenvalue weighted by molar-refractivity contribution is 5.85. The van der Waals surface area contributed by atoms with E-state index in [1.165, 1.54) is 25.7 Å². The second kappa shape index (κ2) is 4.83. The monoisotopic (exact) mass is 260 g/mol. The Bertz CT molecular complexity index is 489. The van der Waals surface area contributed by atoms with Crippen LogP contribution in [-0.2, 0) is 0 Å². The van der Waals surface area contributed by atoms with Crippen molar-refractivity contribution in [2.45, 2.75) is 38.6 Å². The molecular weight excluding hydrogens is 240 g/mol. The van der Waals surface area contributed by atoms with Gasteiger partial charge in [-0.25, -0.2) is 9.78 Å². The van der Waals surface area contributed by atoms with Gasteiger partial charge in [-0.05, 0) is 36.8 Å². The minimum absolute atomic E-state index is 0.143. The molecule has 19 heavy (non-hydrogen) atoms. The zero-order valence-electron chi connectivity index (χ0n) is 11.2. The maximum Gasteiger partial charge on any atom is 0.354 e. The fourth-order valence-electron chi connectivity index (χ4n) is 3.74. The standard InChI is InChI=1S/C15H20N2O2/c1-10-9-17(13-7-3-2-5-11(10)13)14-8-4-6-12(16-14)15(18)19/h4,6,8,10-11,13H,2-3,5,7,9H2,1H3,(H,18,19). The first-order valence-electron chi connectivity index (χ1n) is 7.14. The average molecular weight is 260 g/mol. The van der Waals surface area contributed by atoms with E-state index in [0.29, 0.717) is 12.0 Å². The van der Waals surface area contributed by atoms with E-state index in [1.807, 2.05) is 6.07 Å². The summed E-state index contributed by atoms with van der Waals surface area (Å²) in [6.45, 7) is 3.31. The van der Waals surface area contributed by atoms with Gasteiger partial charge in [0.05, 0.1) is 0 Å². The van der Waals surface area contributed by atoms with Crippen molar-refractivity contribution in [1.82, 2.24) is 4.98 Å². The number of fused-ring (bicyclic) bond motifs is 1. The maximum atomic E-state index is 11.0. The molecule has 3 rings (SSSR count). The Morgan fingerprint density at radius 2 is 2.16 bits per heavy atom. The van der Waals surface area contributed by atoms with E-state index in [-0.39, 0.29) is 5.69 Å². The van der Waals surface area contributed by atoms with Crippen molar-refractivity contribution in [3.63, 3.8) is 0 Å². The summed E-state index contributed by atoms with van der Waals surface area (Å²) in [7, 11) is 0. The Morgan fingerprint density at radius 3 is 2.95 bits per heavy atom. The van der Waals surface area contributed by atoms with Crippen LogP contribution >= 0.6 is 0 Å². The topological polar surface area (TPSA) is 53.4 Å². The summed E-state index contributed by atoms with van der Waals surface area (Å²) in [6, 6.07) is 5.85. The number of hydrogen-bond donors (Lipinski definition) is 1. The molecule has 1 N–H and O–H groups in total. The zero-order chi connectivity index (χ0) is 13.4. The summed E-state index contributed by atoms with van der Waals surface area (Å²) < 4.78 is 0. The fraction of sp³-hybridized carbons (Fsp3) is 0.600. The lowest BCUT2D eigenvalue weighted by Gasteiger charge is -2.32. The van der Waals surface area contributed by atoms with Crippen LogP contribution < -0.4 is 4.90 Å². The Morgan fingerprint density at radius 1 is 1.37 bits per heavy atom. The molecule has 1 aromatic heterocycles. The lowest BCUT2D eigenvalue weighted by molar-refractivity contribution is 0.0690. The highest BCUT2D eigenvalue weighted by Gasteiger charge is 2.41. The quantitative estimate of drug-likeness (QED) is 0.888. The number of pyridine rings is 1. The van der Waals surface area contributed by atoms with Gasteiger partial charge in [0.2, 0.25) is 0 Å². The minimum Gasteiger partial charge on any atom is -0.477 e. The molecule has 0 bridgehead atoms. The minimum atomic E-state index is -0.950. The molecule has 102 valence electrons. The van der Waals surface area contributed by atoms with Crippen LogP contribution in [-0.4, -0.2) is 28.6 Å². The molecule has 3 atom stereocenters. The van der Waals surface area contributed by atoms with Gasteiger partial charge < -0.3 is 10.0 Å². The number of aromatic nitrogens is 1. The lowest BCUT2D eigenvalue weighted by atomic mass is 9.80. The first kappa shape index (κ1) is 12.5. The molecule has 0 spiro atoms. The van der Waals surface area contributed by atoms with Crippen LogP contribution in [0.1, 0.15) is 43.1 Å². The summed E-state index contributed by atoms with van der Waals surface area (Å²) in [4.78, 5) is 17.7. The molecule has 3 unspecified atom stereocenters. The molecule has 2 aliphatic rings. The van der Waals surface area contributed by atoms with E-state index in [2.05, 4.69) is 16.8 Å². The van der Waals surface area contributed by atoms with Gasteiger partial charge in [0, 0.05) is 12.6 Å². The molecule has 0 aromatic carbocycles. The van der Waals surface area contributed by atoms with Crippen LogP contribution in [0, 0.1) is 11.8 Å². The van der Waals surface area contributed by atoms with E-state index in [9.17, 15) is 4.79 Å². The van der Waals surface area contributed by atoms with E-state index in [0.717, 1.165) is 18.3 Å². The number of anilines is 1. The summed E-state index contributed by atoms with van der Waals surface area (Å²) >= 11 is 0. The third kappa shape index (κ3) is 2.20. The van der Waals surface area contributed by atoms with E-state index in [1.54, 1.807) is 12.1 Å². The number of nitrogens with zero attached hydrogens (tertiary/aromatic N) is 2. The van der Waals surface area contributed by atoms with Crippen LogP contribution in [0.25, 0.3) is 0 Å². The van der Waals surface area contributed by atoms with Gasteiger partial charge in [0.1, 0.15) is 5.82 Å². The molecule has 1 saturated heterocycles. The summed E-state index contributed by atoms with van der Waals surface area (Å²) in [5, 5.41) is 9.06. The molecule has 1 saturated carbocycles. The number of carboxylic acid groups (broad SMARTS) is 1. The maximum absolute atomic E-state index is 11.0. The molecule has 1 aliphatic heterocycles. The average Bonchev–Trinajstić information content (AvgIpc) is 2.77. The van der Waals surface area contributed by atoms with E-state index >= 15 is 0 Å². The van der Waals surface area contributed by atoms with Crippen LogP contribution in [0.3, 0.4) is 0 Å². The molecule has 2 heterocycles. The lowest BCUT2D eigenvalue weighted by Crippen LogP contribution is -2.35. The predicted octanol–water partition coefficient (Wildman–Crippen LogP) is 2.79. The predicted molar refractivity (Wildman–Crippen MR) is 73.5 cm³/mol. The SMILES string of the molecule is CC1CN(c2cccc(C(=O)O)n2)C2CCCCC12. The molecule has 2 fully saturated rings. The fourth-order valence-corrected chi connectivity index (χ4v) is 3.74. The van der Waals surface area contributed by atoms with Gasteiger partial charge in [0.15, 0.2) is 5.69 Å². The number of aromatic carboxylic acids is 1. The zero-order valence-corrected chi connectivity index (χ0v) is 11.2. The molecule has 0 radical (unpaired) electrons. The highest BCUT2D eigenvalue weighted by atomic mass is 16.4. The largest absolute Gasteiger partial charge is 0.477 e. The van der Waals surface area contributed by atoms with Gasteiger partial charge in [-0.1, -0.05) is 25.8 Å². The third-order valence-electron chi connectivity index (χ3n) is 4.65. The second-order valence-electron chi connectivity index (χ2n) is 5.83. The third-order valence-corrected chi connectivity index (χ3v) is 4.65. The van der Waals surface area contributed by atoms with Crippen LogP contribution in [0.4, 0.5) is 5.82 Å². The molecule has 4 heteroatoms. The van der Waals surface area contributed by atoms with Crippen molar-refractivity contribution >= 4 is 11.8 Å². The first-order valence-corrected chi connectivity index (χ1v) is 7.14. The Kier molecular flexibility index (Phi) is 3.17. The number of hydrogen-bond acceptors (Lipinski definition) is 3. The Hall–Kier alpha value is -1.58. The Labute approximate surface area is 113 Å². The molecule has 1 aliphatic carbocycles. The first-order chi connectivity index (χ1) is 9.16. The molecule has 4 nitrogen and oxygen atoms in total. The van der Waals surface area contributed by atoms with Gasteiger partial charge in [0.25, 0.3) is 0 Å². The highest BCUT2D eigenvalue weighted by Crippen LogP contribution is 2.41. The molecule has 1 aromatic rings. The summed E-state index contributed by atoms with van der Waals surface area (Å²) in [5.74, 6) is 1.32. The molecule has 0 amide bonds. The van der Waals surface area contributed by atoms with Gasteiger partial charge >= 0.3 is 5.97 Å². The number of carbonyl (C=O) groups is 1. The van der Waals surface area contributed by atoms with E-state index in [4.69, 9.17) is 5.11 Å². The molecular formula is C15H20N2O2. The van der Waals surface area contributed by atoms with Gasteiger partial charge in [-0.3, -0.25) is 0 Å². The van der Waals surface area contributed by atoms with E-state index < -0.39 is 5.97 Å². The van der Waals surface area contributed by atoms with Crippen molar-refractivity contribution in [2.75, 3.05) is 11.4 Å². The number of carboxylic acids is 1. The van der Waals surface area contributed by atoms with Crippen molar-refractivity contribution < 1.29 is 9.90 Å². The van der Waals surface area contributed by atoms with Crippen LogP contribution in [0.2, 0.25) is 0 Å². The van der Waals surface area contributed by atoms with Crippen molar-refractivity contribution in [1.29, 1.82) is 0 Å². The van der Waals surface area contributed by atoms with Crippen LogP contribution in [0.15, 0.2) is 18.2 Å². The van der Waals surface area contributed by atoms with Gasteiger partial charge in [-0.2, -0.15) is 0 Å². The smallest absolute Gasteiger partial charge is 0.354 e. The number of rotatable bonds is 2. The van der Waals surface area contributed by atoms with Gasteiger partial charge in [-0.15, -0.1) is 0 Å². The Balaban J connectivity index is 1.89.